The minimum atomic E-state index is 0.423. The van der Waals surface area contributed by atoms with Crippen LogP contribution in [0.4, 0.5) is 11.6 Å². The maximum atomic E-state index is 6.02. The summed E-state index contributed by atoms with van der Waals surface area (Å²) in [5, 5.41) is 4.09. The van der Waals surface area contributed by atoms with Crippen LogP contribution in [0.5, 0.6) is 0 Å². The predicted molar refractivity (Wildman–Crippen MR) is 81.1 cm³/mol. The summed E-state index contributed by atoms with van der Waals surface area (Å²) in [5.74, 6) is 1.06. The zero-order valence-corrected chi connectivity index (χ0v) is 10.7. The Morgan fingerprint density at radius 2 is 1.75 bits per heavy atom. The van der Waals surface area contributed by atoms with Gasteiger partial charge in [0, 0.05) is 12.7 Å². The van der Waals surface area contributed by atoms with Gasteiger partial charge in [-0.15, -0.1) is 0 Å². The molecule has 0 aliphatic carbocycles. The van der Waals surface area contributed by atoms with Gasteiger partial charge in [-0.2, -0.15) is 0 Å². The molecule has 5 heteroatoms. The maximum absolute atomic E-state index is 6.02. The van der Waals surface area contributed by atoms with Crippen LogP contribution in [-0.2, 0) is 0 Å². The standard InChI is InChI=1S/C15H13N5/c16-14-15(20-7-3-6-17-20)19-13-9-11-5-2-1-4-10(11)8-12(13)18-14/h1-5,7-9,17H,6H2,(H2,16,18). The molecule has 0 fully saturated rings. The van der Waals surface area contributed by atoms with Crippen LogP contribution in [0.25, 0.3) is 21.8 Å². The van der Waals surface area contributed by atoms with Gasteiger partial charge in [0.05, 0.1) is 11.0 Å². The number of fused-ring (bicyclic) bond motifs is 2. The summed E-state index contributed by atoms with van der Waals surface area (Å²) in [6.07, 6.45) is 3.92. The fourth-order valence-electron chi connectivity index (χ4n) is 2.43. The molecule has 0 amide bonds. The van der Waals surface area contributed by atoms with E-state index in [9.17, 15) is 0 Å². The Hall–Kier alpha value is -2.66. The van der Waals surface area contributed by atoms with Gasteiger partial charge in [0.25, 0.3) is 0 Å². The van der Waals surface area contributed by atoms with Crippen molar-refractivity contribution in [3.63, 3.8) is 0 Å². The average molecular weight is 263 g/mol. The number of nitrogens with two attached hydrogens (primary N) is 1. The number of hydrogen-bond acceptors (Lipinski definition) is 5. The third-order valence-electron chi connectivity index (χ3n) is 3.40. The van der Waals surface area contributed by atoms with Crippen LogP contribution in [0.2, 0.25) is 0 Å². The number of rotatable bonds is 1. The Labute approximate surface area is 115 Å². The fraction of sp³-hybridized carbons (Fsp3) is 0.0667. The van der Waals surface area contributed by atoms with E-state index in [0.29, 0.717) is 11.6 Å². The highest BCUT2D eigenvalue weighted by Crippen LogP contribution is 2.26. The summed E-state index contributed by atoms with van der Waals surface area (Å²) in [4.78, 5) is 9.10. The van der Waals surface area contributed by atoms with Crippen molar-refractivity contribution in [2.75, 3.05) is 17.3 Å². The molecule has 0 spiro atoms. The largest absolute Gasteiger partial charge is 0.381 e. The van der Waals surface area contributed by atoms with Gasteiger partial charge in [0.1, 0.15) is 0 Å². The molecule has 1 aromatic heterocycles. The molecular weight excluding hydrogens is 250 g/mol. The van der Waals surface area contributed by atoms with Crippen LogP contribution in [0.1, 0.15) is 0 Å². The lowest BCUT2D eigenvalue weighted by atomic mass is 10.1. The van der Waals surface area contributed by atoms with Gasteiger partial charge in [-0.05, 0) is 22.9 Å². The molecule has 0 unspecified atom stereocenters. The summed E-state index contributed by atoms with van der Waals surface area (Å²) in [5.41, 5.74) is 10.8. The number of nitrogen functional groups attached to an aromatic ring is 1. The maximum Gasteiger partial charge on any atom is 0.190 e. The van der Waals surface area contributed by atoms with Crippen LogP contribution in [0.3, 0.4) is 0 Å². The minimum Gasteiger partial charge on any atom is -0.381 e. The lowest BCUT2D eigenvalue weighted by Crippen LogP contribution is -2.30. The number of aromatic nitrogens is 2. The minimum absolute atomic E-state index is 0.423. The van der Waals surface area contributed by atoms with Gasteiger partial charge in [-0.3, -0.25) is 5.01 Å². The van der Waals surface area contributed by atoms with Crippen molar-refractivity contribution in [3.8, 4) is 0 Å². The molecule has 3 N–H and O–H groups in total. The van der Waals surface area contributed by atoms with E-state index in [2.05, 4.69) is 27.5 Å². The van der Waals surface area contributed by atoms with Gasteiger partial charge in [-0.1, -0.05) is 30.3 Å². The zero-order valence-electron chi connectivity index (χ0n) is 10.7. The number of anilines is 2. The second-order valence-electron chi connectivity index (χ2n) is 4.74. The summed E-state index contributed by atoms with van der Waals surface area (Å²) < 4.78 is 0. The average Bonchev–Trinajstić information content (AvgIpc) is 2.98. The molecule has 1 aliphatic rings. The van der Waals surface area contributed by atoms with Crippen LogP contribution < -0.4 is 16.2 Å². The van der Waals surface area contributed by atoms with Crippen molar-refractivity contribution in [1.82, 2.24) is 15.4 Å². The molecule has 3 aromatic rings. The SMILES string of the molecule is Nc1nc2cc3ccccc3cc2nc1N1C=CCN1. The van der Waals surface area contributed by atoms with E-state index in [0.717, 1.165) is 28.4 Å². The van der Waals surface area contributed by atoms with Crippen molar-refractivity contribution in [3.05, 3.63) is 48.7 Å². The highest BCUT2D eigenvalue weighted by atomic mass is 15.5. The number of nitrogens with one attached hydrogen (secondary N) is 1. The van der Waals surface area contributed by atoms with Crippen LogP contribution >= 0.6 is 0 Å². The number of benzene rings is 2. The number of hydrazine groups is 1. The van der Waals surface area contributed by atoms with E-state index in [-0.39, 0.29) is 0 Å². The van der Waals surface area contributed by atoms with E-state index in [4.69, 9.17) is 5.73 Å². The van der Waals surface area contributed by atoms with Gasteiger partial charge in [-0.25, -0.2) is 15.4 Å². The predicted octanol–water partition coefficient (Wildman–Crippen LogP) is 2.20. The molecule has 0 saturated heterocycles. The normalized spacial score (nSPS) is 14.5. The first-order valence-corrected chi connectivity index (χ1v) is 6.47. The molecule has 0 bridgehead atoms. The van der Waals surface area contributed by atoms with Crippen LogP contribution in [0.15, 0.2) is 48.7 Å². The highest BCUT2D eigenvalue weighted by Gasteiger charge is 2.14. The quantitative estimate of drug-likeness (QED) is 0.659. The Balaban J connectivity index is 1.97. The molecule has 5 nitrogen and oxygen atoms in total. The third kappa shape index (κ3) is 1.68. The lowest BCUT2D eigenvalue weighted by Gasteiger charge is -2.16. The number of nitrogens with zero attached hydrogens (tertiary/aromatic N) is 3. The molecule has 98 valence electrons. The van der Waals surface area contributed by atoms with E-state index < -0.39 is 0 Å². The molecule has 20 heavy (non-hydrogen) atoms. The van der Waals surface area contributed by atoms with Gasteiger partial charge in [0.2, 0.25) is 0 Å². The molecule has 0 saturated carbocycles. The first-order chi connectivity index (χ1) is 9.81. The Morgan fingerprint density at radius 3 is 2.40 bits per heavy atom. The Kier molecular flexibility index (Phi) is 2.34. The molecule has 4 rings (SSSR count). The molecular formula is C15H13N5. The second-order valence-corrected chi connectivity index (χ2v) is 4.74. The van der Waals surface area contributed by atoms with Gasteiger partial charge in [0.15, 0.2) is 11.6 Å². The van der Waals surface area contributed by atoms with Crippen molar-refractivity contribution in [2.24, 2.45) is 0 Å². The van der Waals surface area contributed by atoms with Crippen LogP contribution in [0, 0.1) is 0 Å². The fourth-order valence-corrected chi connectivity index (χ4v) is 2.43. The Morgan fingerprint density at radius 1 is 1.05 bits per heavy atom. The molecule has 1 aliphatic heterocycles. The first kappa shape index (κ1) is 11.2. The zero-order chi connectivity index (χ0) is 13.5. The van der Waals surface area contributed by atoms with Gasteiger partial charge >= 0.3 is 0 Å². The molecule has 2 aromatic carbocycles. The smallest absolute Gasteiger partial charge is 0.190 e. The van der Waals surface area contributed by atoms with Gasteiger partial charge < -0.3 is 5.73 Å². The topological polar surface area (TPSA) is 67.1 Å². The van der Waals surface area contributed by atoms with Crippen molar-refractivity contribution in [1.29, 1.82) is 0 Å². The third-order valence-corrected chi connectivity index (χ3v) is 3.40. The monoisotopic (exact) mass is 263 g/mol. The molecule has 2 heterocycles. The highest BCUT2D eigenvalue weighted by molar-refractivity contribution is 5.96. The van der Waals surface area contributed by atoms with Crippen molar-refractivity contribution < 1.29 is 0 Å². The Bertz CT molecular complexity index is 840. The number of hydrogen-bond donors (Lipinski definition) is 2. The molecule has 0 atom stereocenters. The summed E-state index contributed by atoms with van der Waals surface area (Å²) >= 11 is 0. The van der Waals surface area contributed by atoms with Crippen LogP contribution in [-0.4, -0.2) is 16.5 Å². The van der Waals surface area contributed by atoms with E-state index in [1.807, 2.05) is 36.5 Å². The first-order valence-electron chi connectivity index (χ1n) is 6.47. The summed E-state index contributed by atoms with van der Waals surface area (Å²) in [6, 6.07) is 12.2. The van der Waals surface area contributed by atoms with Crippen molar-refractivity contribution in [2.45, 2.75) is 0 Å². The second kappa shape index (κ2) is 4.18. The van der Waals surface area contributed by atoms with E-state index in [1.54, 1.807) is 5.01 Å². The lowest BCUT2D eigenvalue weighted by molar-refractivity contribution is 0.802. The summed E-state index contributed by atoms with van der Waals surface area (Å²) in [7, 11) is 0. The summed E-state index contributed by atoms with van der Waals surface area (Å²) in [6.45, 7) is 0.775. The van der Waals surface area contributed by atoms with E-state index >= 15 is 0 Å². The molecule has 0 radical (unpaired) electrons. The van der Waals surface area contributed by atoms with E-state index in [1.165, 1.54) is 0 Å². The van der Waals surface area contributed by atoms with Crippen molar-refractivity contribution >= 4 is 33.4 Å².